The number of nitrogens with one attached hydrogen (secondary N) is 1. The van der Waals surface area contributed by atoms with E-state index in [9.17, 15) is 9.59 Å². The van der Waals surface area contributed by atoms with Gasteiger partial charge in [0.2, 0.25) is 0 Å². The van der Waals surface area contributed by atoms with E-state index in [2.05, 4.69) is 5.32 Å². The number of carbonyl (C=O) groups is 2. The Kier molecular flexibility index (Phi) is 4.69. The van der Waals surface area contributed by atoms with E-state index in [1.54, 1.807) is 6.92 Å². The summed E-state index contributed by atoms with van der Waals surface area (Å²) in [4.78, 5) is 24.3. The van der Waals surface area contributed by atoms with Crippen LogP contribution in [0.5, 0.6) is 0 Å². The molecule has 0 saturated heterocycles. The summed E-state index contributed by atoms with van der Waals surface area (Å²) in [5.74, 6) is -1.29. The van der Waals surface area contributed by atoms with Gasteiger partial charge in [-0.05, 0) is 31.4 Å². The lowest BCUT2D eigenvalue weighted by molar-refractivity contribution is -0.139. The van der Waals surface area contributed by atoms with Crippen LogP contribution in [0.4, 0.5) is 0 Å². The zero-order valence-electron chi connectivity index (χ0n) is 10.2. The van der Waals surface area contributed by atoms with E-state index in [0.717, 1.165) is 16.9 Å². The highest BCUT2D eigenvalue weighted by Gasteiger charge is 2.20. The number of hydrogen-bond acceptors (Lipinski definition) is 3. The van der Waals surface area contributed by atoms with Crippen LogP contribution in [0.25, 0.3) is 0 Å². The molecule has 0 spiro atoms. The number of carboxylic acid groups (broad SMARTS) is 1. The zero-order valence-corrected chi connectivity index (χ0v) is 11.1. The molecule has 4 nitrogen and oxygen atoms in total. The molecule has 1 heterocycles. The Morgan fingerprint density at radius 1 is 1.47 bits per heavy atom. The lowest BCUT2D eigenvalue weighted by Crippen LogP contribution is -2.39. The molecule has 0 aliphatic carbocycles. The molecule has 1 atom stereocenters. The van der Waals surface area contributed by atoms with Crippen LogP contribution in [-0.2, 0) is 11.2 Å². The van der Waals surface area contributed by atoms with E-state index < -0.39 is 12.0 Å². The van der Waals surface area contributed by atoms with Gasteiger partial charge in [-0.2, -0.15) is 0 Å². The van der Waals surface area contributed by atoms with Gasteiger partial charge in [0.15, 0.2) is 0 Å². The first kappa shape index (κ1) is 13.7. The normalized spacial score (nSPS) is 12.2. The Bertz CT molecular complexity index is 425. The summed E-state index contributed by atoms with van der Waals surface area (Å²) < 4.78 is 0. The molecule has 0 aliphatic rings. The average molecular weight is 255 g/mol. The highest BCUT2D eigenvalue weighted by molar-refractivity contribution is 7.14. The monoisotopic (exact) mass is 255 g/mol. The predicted octanol–water partition coefficient (Wildman–Crippen LogP) is 2.21. The molecule has 2 N–H and O–H groups in total. The third-order valence-electron chi connectivity index (χ3n) is 2.64. The van der Waals surface area contributed by atoms with Crippen molar-refractivity contribution in [3.05, 3.63) is 21.4 Å². The molecule has 0 saturated carbocycles. The first-order chi connectivity index (χ1) is 7.99. The van der Waals surface area contributed by atoms with Crippen LogP contribution >= 0.6 is 11.3 Å². The summed E-state index contributed by atoms with van der Waals surface area (Å²) >= 11 is 1.41. The first-order valence-corrected chi connectivity index (χ1v) is 6.44. The van der Waals surface area contributed by atoms with Gasteiger partial charge < -0.3 is 10.4 Å². The molecular weight excluding hydrogens is 238 g/mol. The third kappa shape index (κ3) is 3.30. The van der Waals surface area contributed by atoms with Crippen LogP contribution in [-0.4, -0.2) is 23.0 Å². The molecule has 5 heteroatoms. The Balaban J connectivity index is 2.78. The molecule has 0 fully saturated rings. The summed E-state index contributed by atoms with van der Waals surface area (Å²) in [6.45, 7) is 5.73. The minimum absolute atomic E-state index is 0.299. The highest BCUT2D eigenvalue weighted by Crippen LogP contribution is 2.22. The second kappa shape index (κ2) is 5.82. The van der Waals surface area contributed by atoms with Crippen molar-refractivity contribution < 1.29 is 14.7 Å². The summed E-state index contributed by atoms with van der Waals surface area (Å²) in [5, 5.41) is 11.4. The third-order valence-corrected chi connectivity index (χ3v) is 3.73. The van der Waals surface area contributed by atoms with Crippen molar-refractivity contribution >= 4 is 23.2 Å². The summed E-state index contributed by atoms with van der Waals surface area (Å²) in [7, 11) is 0. The van der Waals surface area contributed by atoms with E-state index >= 15 is 0 Å². The summed E-state index contributed by atoms with van der Waals surface area (Å²) in [6, 6.07) is 1.03. The number of hydrogen-bond donors (Lipinski definition) is 2. The lowest BCUT2D eigenvalue weighted by Gasteiger charge is -2.10. The number of rotatable bonds is 5. The van der Waals surface area contributed by atoms with Crippen molar-refractivity contribution in [3.63, 3.8) is 0 Å². The van der Waals surface area contributed by atoms with Crippen molar-refractivity contribution in [1.29, 1.82) is 0 Å². The maximum Gasteiger partial charge on any atom is 0.326 e. The van der Waals surface area contributed by atoms with E-state index in [4.69, 9.17) is 5.11 Å². The maximum atomic E-state index is 11.8. The van der Waals surface area contributed by atoms with Crippen LogP contribution in [0.2, 0.25) is 0 Å². The summed E-state index contributed by atoms with van der Waals surface area (Å²) in [6.07, 6.45) is 1.26. The molecule has 1 aromatic rings. The zero-order chi connectivity index (χ0) is 13.0. The molecule has 1 aromatic heterocycles. The first-order valence-electron chi connectivity index (χ1n) is 5.62. The Labute approximate surface area is 105 Å². The van der Waals surface area contributed by atoms with E-state index in [-0.39, 0.29) is 5.91 Å². The Hall–Kier alpha value is -1.36. The van der Waals surface area contributed by atoms with Gasteiger partial charge in [0.1, 0.15) is 6.04 Å². The number of thiophene rings is 1. The van der Waals surface area contributed by atoms with Gasteiger partial charge in [-0.3, -0.25) is 4.79 Å². The van der Waals surface area contributed by atoms with Crippen LogP contribution in [0.1, 0.15) is 40.4 Å². The molecule has 1 unspecified atom stereocenters. The van der Waals surface area contributed by atoms with Crippen molar-refractivity contribution in [3.8, 4) is 0 Å². The fourth-order valence-electron chi connectivity index (χ4n) is 1.55. The molecule has 1 amide bonds. The molecule has 17 heavy (non-hydrogen) atoms. The standard InChI is InChI=1S/C12H17NO3S/c1-4-8-6-10(17-7(8)3)11(14)13-9(5-2)12(15)16/h6,9H,4-5H2,1-3H3,(H,13,14)(H,15,16). The fourth-order valence-corrected chi connectivity index (χ4v) is 2.57. The van der Waals surface area contributed by atoms with Crippen molar-refractivity contribution in [2.24, 2.45) is 0 Å². The van der Waals surface area contributed by atoms with Gasteiger partial charge in [0.05, 0.1) is 4.88 Å². The number of aliphatic carboxylic acids is 1. The highest BCUT2D eigenvalue weighted by atomic mass is 32.1. The largest absolute Gasteiger partial charge is 0.480 e. The van der Waals surface area contributed by atoms with E-state index in [1.807, 2.05) is 19.9 Å². The number of aryl methyl sites for hydroxylation is 2. The minimum atomic E-state index is -0.996. The molecule has 1 rings (SSSR count). The topological polar surface area (TPSA) is 66.4 Å². The second-order valence-corrected chi connectivity index (χ2v) is 5.07. The fraction of sp³-hybridized carbons (Fsp3) is 0.500. The van der Waals surface area contributed by atoms with Crippen molar-refractivity contribution in [1.82, 2.24) is 5.32 Å². The minimum Gasteiger partial charge on any atom is -0.480 e. The second-order valence-electron chi connectivity index (χ2n) is 3.82. The Morgan fingerprint density at radius 3 is 2.53 bits per heavy atom. The van der Waals surface area contributed by atoms with Gasteiger partial charge in [-0.15, -0.1) is 11.3 Å². The van der Waals surface area contributed by atoms with Crippen LogP contribution in [0.15, 0.2) is 6.07 Å². The SMILES string of the molecule is CCc1cc(C(=O)NC(CC)C(=O)O)sc1C. The quantitative estimate of drug-likeness (QED) is 0.847. The van der Waals surface area contributed by atoms with Crippen molar-refractivity contribution in [2.75, 3.05) is 0 Å². The Morgan fingerprint density at radius 2 is 2.12 bits per heavy atom. The maximum absolute atomic E-state index is 11.8. The van der Waals surface area contributed by atoms with E-state index in [0.29, 0.717) is 11.3 Å². The smallest absolute Gasteiger partial charge is 0.326 e. The predicted molar refractivity (Wildman–Crippen MR) is 67.6 cm³/mol. The molecule has 94 valence electrons. The number of amides is 1. The van der Waals surface area contributed by atoms with Gasteiger partial charge in [-0.1, -0.05) is 13.8 Å². The number of carboxylic acids is 1. The summed E-state index contributed by atoms with van der Waals surface area (Å²) in [5.41, 5.74) is 1.14. The number of carbonyl (C=O) groups excluding carboxylic acids is 1. The molecular formula is C12H17NO3S. The van der Waals surface area contributed by atoms with Crippen LogP contribution in [0, 0.1) is 6.92 Å². The van der Waals surface area contributed by atoms with Crippen LogP contribution < -0.4 is 5.32 Å². The van der Waals surface area contributed by atoms with Gasteiger partial charge in [0.25, 0.3) is 5.91 Å². The average Bonchev–Trinajstić information content (AvgIpc) is 2.66. The lowest BCUT2D eigenvalue weighted by atomic mass is 10.2. The molecule has 0 bridgehead atoms. The van der Waals surface area contributed by atoms with Gasteiger partial charge >= 0.3 is 5.97 Å². The van der Waals surface area contributed by atoms with E-state index in [1.165, 1.54) is 11.3 Å². The molecule has 0 radical (unpaired) electrons. The van der Waals surface area contributed by atoms with Gasteiger partial charge in [0, 0.05) is 4.88 Å². The van der Waals surface area contributed by atoms with Gasteiger partial charge in [-0.25, -0.2) is 4.79 Å². The molecule has 0 aromatic carbocycles. The molecule has 0 aliphatic heterocycles. The van der Waals surface area contributed by atoms with Crippen molar-refractivity contribution in [2.45, 2.75) is 39.7 Å². The van der Waals surface area contributed by atoms with Crippen LogP contribution in [0.3, 0.4) is 0 Å².